The van der Waals surface area contributed by atoms with Gasteiger partial charge in [-0.1, -0.05) is 12.8 Å². The second kappa shape index (κ2) is 7.31. The molecule has 2 N–H and O–H groups in total. The van der Waals surface area contributed by atoms with E-state index >= 15 is 0 Å². The summed E-state index contributed by atoms with van der Waals surface area (Å²) in [6.45, 7) is 0.873. The van der Waals surface area contributed by atoms with E-state index in [-0.39, 0.29) is 18.5 Å². The van der Waals surface area contributed by atoms with Gasteiger partial charge in [0.25, 0.3) is 5.91 Å². The van der Waals surface area contributed by atoms with Crippen LogP contribution in [-0.2, 0) is 22.9 Å². The predicted molar refractivity (Wildman–Crippen MR) is 98.5 cm³/mol. The Hall–Kier alpha value is -1.41. The van der Waals surface area contributed by atoms with Crippen molar-refractivity contribution >= 4 is 15.9 Å². The maximum absolute atomic E-state index is 13.0. The molecule has 3 aliphatic rings. The van der Waals surface area contributed by atoms with E-state index in [9.17, 15) is 13.2 Å². The van der Waals surface area contributed by atoms with Crippen LogP contribution >= 0.6 is 0 Å². The summed E-state index contributed by atoms with van der Waals surface area (Å²) >= 11 is 0. The number of carbonyl (C=O) groups is 1. The molecule has 1 aromatic heterocycles. The second-order valence-corrected chi connectivity index (χ2v) is 9.89. The average Bonchev–Trinajstić information content (AvgIpc) is 3.30. The van der Waals surface area contributed by atoms with Crippen LogP contribution in [0.25, 0.3) is 0 Å². The monoisotopic (exact) mass is 380 g/mol. The minimum atomic E-state index is -3.39. The Labute approximate surface area is 155 Å². The number of nitrogens with zero attached hydrogens (tertiary/aromatic N) is 2. The van der Waals surface area contributed by atoms with Crippen molar-refractivity contribution in [3.05, 3.63) is 17.0 Å². The van der Waals surface area contributed by atoms with Gasteiger partial charge in [-0.25, -0.2) is 13.1 Å². The second-order valence-electron chi connectivity index (χ2n) is 7.90. The molecule has 0 bridgehead atoms. The first-order valence-electron chi connectivity index (χ1n) is 9.91. The molecule has 1 aliphatic heterocycles. The number of fused-ring (bicyclic) bond motifs is 1. The normalized spacial score (nSPS) is 24.6. The molecule has 1 aromatic rings. The van der Waals surface area contributed by atoms with Crippen molar-refractivity contribution in [3.63, 3.8) is 0 Å². The van der Waals surface area contributed by atoms with Crippen LogP contribution in [0.4, 0.5) is 0 Å². The third kappa shape index (κ3) is 3.53. The maximum Gasteiger partial charge on any atom is 0.274 e. The number of hydrogen-bond donors (Lipinski definition) is 2. The van der Waals surface area contributed by atoms with Crippen LogP contribution in [0.5, 0.6) is 0 Å². The zero-order chi connectivity index (χ0) is 18.1. The predicted octanol–water partition coefficient (Wildman–Crippen LogP) is 1.76. The summed E-state index contributed by atoms with van der Waals surface area (Å²) in [6, 6.07) is 0.0736. The van der Waals surface area contributed by atoms with E-state index in [2.05, 4.69) is 14.9 Å². The number of nitrogens with one attached hydrogen (secondary N) is 2. The van der Waals surface area contributed by atoms with Crippen LogP contribution in [0, 0.1) is 0 Å². The highest BCUT2D eigenvalue weighted by atomic mass is 32.2. The van der Waals surface area contributed by atoms with Gasteiger partial charge < -0.3 is 4.90 Å². The van der Waals surface area contributed by atoms with Crippen molar-refractivity contribution in [3.8, 4) is 0 Å². The molecule has 1 saturated carbocycles. The summed E-state index contributed by atoms with van der Waals surface area (Å²) in [5, 5.41) is 6.75. The van der Waals surface area contributed by atoms with Gasteiger partial charge in [0.05, 0.1) is 5.25 Å². The third-order valence-corrected chi connectivity index (χ3v) is 7.97. The summed E-state index contributed by atoms with van der Waals surface area (Å²) < 4.78 is 28.4. The SMILES string of the molecule is O=C(c1n[nH]c2c1CCCC2)N1CCC[C@@H](S(=O)(=O)NC2CCCC2)C1. The zero-order valence-electron chi connectivity index (χ0n) is 15.2. The fourth-order valence-electron chi connectivity index (χ4n) is 4.56. The molecule has 1 saturated heterocycles. The molecule has 0 spiro atoms. The van der Waals surface area contributed by atoms with Crippen molar-refractivity contribution in [1.29, 1.82) is 0 Å². The third-order valence-electron chi connectivity index (χ3n) is 6.05. The molecule has 7 nitrogen and oxygen atoms in total. The fourth-order valence-corrected chi connectivity index (χ4v) is 6.30. The van der Waals surface area contributed by atoms with Gasteiger partial charge in [0, 0.05) is 30.4 Å². The number of aryl methyl sites for hydroxylation is 1. The average molecular weight is 381 g/mol. The van der Waals surface area contributed by atoms with Crippen LogP contribution in [0.3, 0.4) is 0 Å². The highest BCUT2D eigenvalue weighted by Crippen LogP contribution is 2.26. The van der Waals surface area contributed by atoms with Crippen molar-refractivity contribution in [2.24, 2.45) is 0 Å². The topological polar surface area (TPSA) is 95.2 Å². The van der Waals surface area contributed by atoms with Crippen molar-refractivity contribution < 1.29 is 13.2 Å². The first kappa shape index (κ1) is 18.0. The number of amides is 1. The number of aromatic nitrogens is 2. The Morgan fingerprint density at radius 2 is 1.85 bits per heavy atom. The minimum Gasteiger partial charge on any atom is -0.336 e. The smallest absolute Gasteiger partial charge is 0.274 e. The molecule has 2 aliphatic carbocycles. The van der Waals surface area contributed by atoms with E-state index in [0.29, 0.717) is 25.1 Å². The van der Waals surface area contributed by atoms with Crippen molar-refractivity contribution in [2.45, 2.75) is 75.5 Å². The first-order chi connectivity index (χ1) is 12.5. The van der Waals surface area contributed by atoms with Gasteiger partial charge in [-0.15, -0.1) is 0 Å². The van der Waals surface area contributed by atoms with Gasteiger partial charge in [-0.2, -0.15) is 5.10 Å². The number of piperidine rings is 1. The lowest BCUT2D eigenvalue weighted by Gasteiger charge is -2.33. The lowest BCUT2D eigenvalue weighted by Crippen LogP contribution is -2.50. The number of rotatable bonds is 4. The summed E-state index contributed by atoms with van der Waals surface area (Å²) in [6.07, 6.45) is 9.39. The van der Waals surface area contributed by atoms with E-state index in [0.717, 1.165) is 62.6 Å². The molecule has 1 atom stereocenters. The van der Waals surface area contributed by atoms with E-state index < -0.39 is 15.3 Å². The van der Waals surface area contributed by atoms with E-state index in [4.69, 9.17) is 0 Å². The lowest BCUT2D eigenvalue weighted by atomic mass is 9.95. The quantitative estimate of drug-likeness (QED) is 0.832. The summed E-state index contributed by atoms with van der Waals surface area (Å²) in [5.74, 6) is -0.120. The molecule has 26 heavy (non-hydrogen) atoms. The molecular weight excluding hydrogens is 352 g/mol. The number of carbonyl (C=O) groups excluding carboxylic acids is 1. The molecule has 2 heterocycles. The van der Waals surface area contributed by atoms with Crippen molar-refractivity contribution in [1.82, 2.24) is 19.8 Å². The van der Waals surface area contributed by atoms with Gasteiger partial charge in [0.15, 0.2) is 5.69 Å². The van der Waals surface area contributed by atoms with E-state index in [1.165, 1.54) is 0 Å². The largest absolute Gasteiger partial charge is 0.336 e. The van der Waals surface area contributed by atoms with Gasteiger partial charge in [-0.3, -0.25) is 9.89 Å². The Bertz CT molecular complexity index is 767. The Morgan fingerprint density at radius 3 is 2.65 bits per heavy atom. The number of H-pyrrole nitrogens is 1. The number of sulfonamides is 1. The Kier molecular flexibility index (Phi) is 5.05. The summed E-state index contributed by atoms with van der Waals surface area (Å²) in [5.41, 5.74) is 2.61. The Morgan fingerprint density at radius 1 is 1.08 bits per heavy atom. The van der Waals surface area contributed by atoms with Gasteiger partial charge in [-0.05, 0) is 51.4 Å². The molecule has 0 aromatic carbocycles. The van der Waals surface area contributed by atoms with Crippen LogP contribution in [-0.4, -0.2) is 53.8 Å². The number of hydrogen-bond acceptors (Lipinski definition) is 4. The van der Waals surface area contributed by atoms with Crippen LogP contribution < -0.4 is 4.72 Å². The van der Waals surface area contributed by atoms with Crippen LogP contribution in [0.2, 0.25) is 0 Å². The highest BCUT2D eigenvalue weighted by Gasteiger charge is 2.36. The molecule has 1 amide bonds. The van der Waals surface area contributed by atoms with Crippen LogP contribution in [0.15, 0.2) is 0 Å². The molecular formula is C18H28N4O3S. The van der Waals surface area contributed by atoms with Gasteiger partial charge >= 0.3 is 0 Å². The molecule has 2 fully saturated rings. The van der Waals surface area contributed by atoms with Gasteiger partial charge in [0.2, 0.25) is 10.0 Å². The van der Waals surface area contributed by atoms with E-state index in [1.807, 2.05) is 0 Å². The lowest BCUT2D eigenvalue weighted by molar-refractivity contribution is 0.0719. The number of aromatic amines is 1. The maximum atomic E-state index is 13.0. The fraction of sp³-hybridized carbons (Fsp3) is 0.778. The molecule has 4 rings (SSSR count). The molecule has 8 heteroatoms. The molecule has 144 valence electrons. The highest BCUT2D eigenvalue weighted by molar-refractivity contribution is 7.90. The molecule has 0 unspecified atom stereocenters. The van der Waals surface area contributed by atoms with Gasteiger partial charge in [0.1, 0.15) is 0 Å². The molecule has 0 radical (unpaired) electrons. The van der Waals surface area contributed by atoms with Crippen LogP contribution in [0.1, 0.15) is 73.1 Å². The summed E-state index contributed by atoms with van der Waals surface area (Å²) in [4.78, 5) is 14.7. The first-order valence-corrected chi connectivity index (χ1v) is 11.5. The summed E-state index contributed by atoms with van der Waals surface area (Å²) in [7, 11) is -3.39. The zero-order valence-corrected chi connectivity index (χ0v) is 16.0. The van der Waals surface area contributed by atoms with Crippen molar-refractivity contribution in [2.75, 3.05) is 13.1 Å². The Balaban J connectivity index is 1.46. The standard InChI is InChI=1S/C18H28N4O3S/c23-18(17-15-9-3-4-10-16(15)19-20-17)22-11-5-8-14(12-22)26(24,25)21-13-6-1-2-7-13/h13-14,21H,1-12H2,(H,19,20)/t14-/m1/s1. The van der Waals surface area contributed by atoms with E-state index in [1.54, 1.807) is 4.90 Å². The minimum absolute atomic E-state index is 0.0736. The number of likely N-dealkylation sites (tertiary alicyclic amines) is 1.